The molecule has 0 unspecified atom stereocenters. The quantitative estimate of drug-likeness (QED) is 0.669. The van der Waals surface area contributed by atoms with E-state index in [1.54, 1.807) is 39.0 Å². The van der Waals surface area contributed by atoms with Crippen LogP contribution in [0.25, 0.3) is 6.08 Å². The minimum absolute atomic E-state index is 0.291. The van der Waals surface area contributed by atoms with Gasteiger partial charge in [0.2, 0.25) is 5.91 Å². The number of hydrogen-bond donors (Lipinski definition) is 1. The van der Waals surface area contributed by atoms with Crippen molar-refractivity contribution in [2.24, 2.45) is 0 Å². The van der Waals surface area contributed by atoms with Crippen LogP contribution in [0.2, 0.25) is 0 Å². The number of rotatable bonds is 4. The zero-order chi connectivity index (χ0) is 14.5. The minimum Gasteiger partial charge on any atom is -0.460 e. The fraction of sp³-hybridized carbons (Fsp3) is 0.333. The number of ether oxygens (including phenoxy) is 1. The van der Waals surface area contributed by atoms with Gasteiger partial charge in [-0.1, -0.05) is 24.8 Å². The summed E-state index contributed by atoms with van der Waals surface area (Å²) in [6, 6.07) is 7.17. The highest BCUT2D eigenvalue weighted by Gasteiger charge is 2.18. The van der Waals surface area contributed by atoms with E-state index in [0.717, 1.165) is 5.56 Å². The number of carbonyl (C=O) groups is 2. The highest BCUT2D eigenvalue weighted by molar-refractivity contribution is 6.01. The molecule has 1 amide bonds. The van der Waals surface area contributed by atoms with Gasteiger partial charge in [-0.25, -0.2) is 0 Å². The average molecular weight is 261 g/mol. The van der Waals surface area contributed by atoms with Crippen LogP contribution < -0.4 is 5.32 Å². The number of anilines is 1. The number of benzene rings is 1. The van der Waals surface area contributed by atoms with Crippen LogP contribution in [0, 0.1) is 0 Å². The van der Waals surface area contributed by atoms with Crippen molar-refractivity contribution in [3.8, 4) is 0 Å². The van der Waals surface area contributed by atoms with Gasteiger partial charge in [0.05, 0.1) is 0 Å². The summed E-state index contributed by atoms with van der Waals surface area (Å²) in [5.41, 5.74) is 1.02. The molecule has 0 aliphatic heterocycles. The Morgan fingerprint density at radius 3 is 2.32 bits per heavy atom. The van der Waals surface area contributed by atoms with E-state index >= 15 is 0 Å². The summed E-state index contributed by atoms with van der Waals surface area (Å²) in [7, 11) is 0. The third-order valence-electron chi connectivity index (χ3n) is 2.16. The topological polar surface area (TPSA) is 55.4 Å². The van der Waals surface area contributed by atoms with Crippen molar-refractivity contribution in [1.29, 1.82) is 0 Å². The van der Waals surface area contributed by atoms with Crippen LogP contribution in [0.5, 0.6) is 0 Å². The van der Waals surface area contributed by atoms with Crippen LogP contribution in [-0.4, -0.2) is 17.5 Å². The fourth-order valence-corrected chi connectivity index (χ4v) is 1.42. The lowest BCUT2D eigenvalue weighted by Gasteiger charge is -2.19. The van der Waals surface area contributed by atoms with Gasteiger partial charge < -0.3 is 10.1 Å². The zero-order valence-corrected chi connectivity index (χ0v) is 11.5. The molecule has 0 aliphatic carbocycles. The second kappa shape index (κ2) is 6.18. The van der Waals surface area contributed by atoms with E-state index in [9.17, 15) is 9.59 Å². The van der Waals surface area contributed by atoms with E-state index in [1.807, 2.05) is 12.1 Å². The van der Waals surface area contributed by atoms with Gasteiger partial charge in [0.1, 0.15) is 12.0 Å². The van der Waals surface area contributed by atoms with Crippen molar-refractivity contribution in [2.45, 2.75) is 32.8 Å². The standard InChI is InChI=1S/C15H19NO3/c1-5-11-6-8-12(9-7-11)16-13(17)10-14(18)19-15(2,3)4/h5-9H,1,10H2,2-4H3,(H,16,17). The maximum atomic E-state index is 11.6. The molecule has 0 spiro atoms. The average Bonchev–Trinajstić information content (AvgIpc) is 2.27. The molecular weight excluding hydrogens is 242 g/mol. The number of hydrogen-bond acceptors (Lipinski definition) is 3. The molecule has 1 aromatic rings. The molecule has 0 heterocycles. The Kier molecular flexibility index (Phi) is 4.87. The number of amides is 1. The minimum atomic E-state index is -0.580. The van der Waals surface area contributed by atoms with Gasteiger partial charge >= 0.3 is 5.97 Å². The zero-order valence-electron chi connectivity index (χ0n) is 11.5. The molecule has 0 aromatic heterocycles. The van der Waals surface area contributed by atoms with Crippen LogP contribution in [0.4, 0.5) is 5.69 Å². The van der Waals surface area contributed by atoms with Crippen molar-refractivity contribution < 1.29 is 14.3 Å². The summed E-state index contributed by atoms with van der Waals surface area (Å²) >= 11 is 0. The summed E-state index contributed by atoms with van der Waals surface area (Å²) in [5, 5.41) is 2.64. The first-order valence-electron chi connectivity index (χ1n) is 6.04. The van der Waals surface area contributed by atoms with Crippen molar-refractivity contribution in [3.05, 3.63) is 36.4 Å². The molecule has 0 saturated heterocycles. The maximum Gasteiger partial charge on any atom is 0.315 e. The lowest BCUT2D eigenvalue weighted by atomic mass is 10.2. The van der Waals surface area contributed by atoms with Crippen LogP contribution in [0.1, 0.15) is 32.8 Å². The van der Waals surface area contributed by atoms with Gasteiger partial charge in [0, 0.05) is 5.69 Å². The van der Waals surface area contributed by atoms with Crippen LogP contribution in [0.3, 0.4) is 0 Å². The van der Waals surface area contributed by atoms with Gasteiger partial charge in [-0.2, -0.15) is 0 Å². The van der Waals surface area contributed by atoms with Crippen LogP contribution in [0.15, 0.2) is 30.8 Å². The van der Waals surface area contributed by atoms with Gasteiger partial charge in [0.25, 0.3) is 0 Å². The predicted octanol–water partition coefficient (Wildman–Crippen LogP) is 3.00. The molecule has 0 aliphatic rings. The first-order chi connectivity index (χ1) is 8.80. The molecule has 19 heavy (non-hydrogen) atoms. The normalized spacial score (nSPS) is 10.7. The highest BCUT2D eigenvalue weighted by atomic mass is 16.6. The van der Waals surface area contributed by atoms with E-state index in [4.69, 9.17) is 4.74 Å². The summed E-state index contributed by atoms with van der Waals surface area (Å²) in [6.07, 6.45) is 1.42. The first kappa shape index (κ1) is 15.0. The Hall–Kier alpha value is -2.10. The predicted molar refractivity (Wildman–Crippen MR) is 75.6 cm³/mol. The van der Waals surface area contributed by atoms with Crippen LogP contribution in [-0.2, 0) is 14.3 Å². The van der Waals surface area contributed by atoms with Crippen molar-refractivity contribution >= 4 is 23.6 Å². The Morgan fingerprint density at radius 2 is 1.84 bits per heavy atom. The van der Waals surface area contributed by atoms with Gasteiger partial charge in [0.15, 0.2) is 0 Å². The van der Waals surface area contributed by atoms with Gasteiger partial charge in [-0.3, -0.25) is 9.59 Å². The molecule has 1 aromatic carbocycles. The Labute approximate surface area is 113 Å². The molecular formula is C15H19NO3. The third kappa shape index (κ3) is 5.86. The summed E-state index contributed by atoms with van der Waals surface area (Å²) in [5.74, 6) is -0.923. The SMILES string of the molecule is C=Cc1ccc(NC(=O)CC(=O)OC(C)(C)C)cc1. The number of nitrogens with one attached hydrogen (secondary N) is 1. The molecule has 0 radical (unpaired) electrons. The summed E-state index contributed by atoms with van der Waals surface area (Å²) in [6.45, 7) is 8.93. The number of esters is 1. The van der Waals surface area contributed by atoms with Gasteiger partial charge in [-0.15, -0.1) is 0 Å². The second-order valence-corrected chi connectivity index (χ2v) is 5.14. The molecule has 0 saturated carbocycles. The second-order valence-electron chi connectivity index (χ2n) is 5.14. The Balaban J connectivity index is 2.50. The summed E-state index contributed by atoms with van der Waals surface area (Å²) in [4.78, 5) is 23.1. The van der Waals surface area contributed by atoms with Gasteiger partial charge in [-0.05, 0) is 38.5 Å². The molecule has 0 bridgehead atoms. The van der Waals surface area contributed by atoms with Crippen LogP contribution >= 0.6 is 0 Å². The third-order valence-corrected chi connectivity index (χ3v) is 2.16. The molecule has 4 nitrogen and oxygen atoms in total. The molecule has 1 rings (SSSR count). The Bertz CT molecular complexity index is 469. The van der Waals surface area contributed by atoms with E-state index in [0.29, 0.717) is 5.69 Å². The first-order valence-corrected chi connectivity index (χ1v) is 6.04. The molecule has 102 valence electrons. The van der Waals surface area contributed by atoms with E-state index in [2.05, 4.69) is 11.9 Å². The van der Waals surface area contributed by atoms with Crippen molar-refractivity contribution in [1.82, 2.24) is 0 Å². The lowest BCUT2D eigenvalue weighted by Crippen LogP contribution is -2.27. The fourth-order valence-electron chi connectivity index (χ4n) is 1.42. The highest BCUT2D eigenvalue weighted by Crippen LogP contribution is 2.12. The molecule has 1 N–H and O–H groups in total. The summed E-state index contributed by atoms with van der Waals surface area (Å²) < 4.78 is 5.07. The smallest absolute Gasteiger partial charge is 0.315 e. The van der Waals surface area contributed by atoms with Crippen molar-refractivity contribution in [2.75, 3.05) is 5.32 Å². The maximum absolute atomic E-state index is 11.6. The van der Waals surface area contributed by atoms with E-state index in [1.165, 1.54) is 0 Å². The van der Waals surface area contributed by atoms with E-state index in [-0.39, 0.29) is 12.3 Å². The largest absolute Gasteiger partial charge is 0.460 e. The Morgan fingerprint density at radius 1 is 1.26 bits per heavy atom. The number of carbonyl (C=O) groups excluding carboxylic acids is 2. The molecule has 0 fully saturated rings. The van der Waals surface area contributed by atoms with E-state index < -0.39 is 11.6 Å². The van der Waals surface area contributed by atoms with Crippen molar-refractivity contribution in [3.63, 3.8) is 0 Å². The lowest BCUT2D eigenvalue weighted by molar-refractivity contribution is -0.155. The molecule has 4 heteroatoms. The monoisotopic (exact) mass is 261 g/mol. The molecule has 0 atom stereocenters.